The first-order valence-corrected chi connectivity index (χ1v) is 15.5. The fourth-order valence-corrected chi connectivity index (χ4v) is 5.91. The summed E-state index contributed by atoms with van der Waals surface area (Å²) in [6.45, 7) is 4.24. The van der Waals surface area contributed by atoms with Gasteiger partial charge in [-0.2, -0.15) is 0 Å². The number of unbranched alkanes of at least 4 members (excludes halogenated alkanes) is 4. The molecule has 1 amide bonds. The minimum Gasteiger partial charge on any atom is -0.507 e. The Labute approximate surface area is 255 Å². The van der Waals surface area contributed by atoms with E-state index in [1.54, 1.807) is 0 Å². The molecule has 0 aliphatic heterocycles. The van der Waals surface area contributed by atoms with E-state index in [4.69, 9.17) is 5.73 Å². The van der Waals surface area contributed by atoms with E-state index in [9.17, 15) is 19.5 Å². The number of ketones is 2. The van der Waals surface area contributed by atoms with Gasteiger partial charge in [0.05, 0.1) is 17.5 Å². The molecule has 0 radical (unpaired) electrons. The molecule has 2 atom stereocenters. The highest BCUT2D eigenvalue weighted by Gasteiger charge is 2.36. The quantitative estimate of drug-likeness (QED) is 0.176. The van der Waals surface area contributed by atoms with Crippen LogP contribution < -0.4 is 11.1 Å². The van der Waals surface area contributed by atoms with E-state index in [2.05, 4.69) is 23.5 Å². The molecule has 4 N–H and O–H groups in total. The number of aliphatic hydroxyl groups is 1. The average molecular weight is 581 g/mol. The van der Waals surface area contributed by atoms with Crippen molar-refractivity contribution in [3.63, 3.8) is 0 Å². The zero-order valence-corrected chi connectivity index (χ0v) is 25.4. The van der Waals surface area contributed by atoms with Crippen molar-refractivity contribution in [2.75, 3.05) is 6.54 Å². The van der Waals surface area contributed by atoms with E-state index in [0.29, 0.717) is 31.4 Å². The molecule has 4 rings (SSSR count). The molecule has 0 heterocycles. The Hall–Kier alpha value is -4.03. The molecule has 43 heavy (non-hydrogen) atoms. The molecular formula is C37H44N2O4. The third-order valence-corrected chi connectivity index (χ3v) is 8.26. The van der Waals surface area contributed by atoms with Crippen LogP contribution in [0.4, 0.5) is 0 Å². The van der Waals surface area contributed by atoms with Crippen molar-refractivity contribution in [1.82, 2.24) is 5.32 Å². The number of rotatable bonds is 15. The zero-order chi connectivity index (χ0) is 30.8. The monoisotopic (exact) mass is 580 g/mol. The first-order valence-electron chi connectivity index (χ1n) is 15.5. The fourth-order valence-electron chi connectivity index (χ4n) is 5.91. The third kappa shape index (κ3) is 8.51. The van der Waals surface area contributed by atoms with Crippen molar-refractivity contribution in [3.8, 4) is 0 Å². The standard InChI is InChI=1S/C37H44N2O4/c1-25(2)34-33(41)24-29(22-26-14-7-6-8-15-26)36(42)35(34)37(43)39-21-12-5-3-4-9-20-32(40)31(38)23-28-18-13-17-27-16-10-11-19-30(27)28/h6-8,10-11,13-19,24-25,31,34,42H,3-5,9,12,20-23,38H2,1-2H3,(H,39,43). The highest BCUT2D eigenvalue weighted by molar-refractivity contribution is 6.07. The summed E-state index contributed by atoms with van der Waals surface area (Å²) in [6, 6.07) is 23.4. The number of hydrogen-bond donors (Lipinski definition) is 3. The lowest BCUT2D eigenvalue weighted by Gasteiger charge is -2.27. The summed E-state index contributed by atoms with van der Waals surface area (Å²) in [5, 5.41) is 16.3. The molecular weight excluding hydrogens is 536 g/mol. The van der Waals surface area contributed by atoms with E-state index in [-0.39, 0.29) is 34.7 Å². The van der Waals surface area contributed by atoms with Gasteiger partial charge in [0, 0.05) is 25.0 Å². The molecule has 0 saturated heterocycles. The smallest absolute Gasteiger partial charge is 0.251 e. The molecule has 3 aromatic rings. The lowest BCUT2D eigenvalue weighted by atomic mass is 9.77. The van der Waals surface area contributed by atoms with Crippen LogP contribution in [0.3, 0.4) is 0 Å². The van der Waals surface area contributed by atoms with Crippen LogP contribution >= 0.6 is 0 Å². The lowest BCUT2D eigenvalue weighted by molar-refractivity contribution is -0.123. The van der Waals surface area contributed by atoms with Gasteiger partial charge < -0.3 is 16.2 Å². The first kappa shape index (κ1) is 31.9. The maximum Gasteiger partial charge on any atom is 0.251 e. The van der Waals surface area contributed by atoms with E-state index in [1.807, 2.05) is 68.4 Å². The van der Waals surface area contributed by atoms with Crippen LogP contribution in [0, 0.1) is 11.8 Å². The Kier molecular flexibility index (Phi) is 11.5. The number of nitrogens with two attached hydrogens (primary N) is 1. The topological polar surface area (TPSA) is 109 Å². The molecule has 0 bridgehead atoms. The minimum absolute atomic E-state index is 0.0806. The minimum atomic E-state index is -0.663. The van der Waals surface area contributed by atoms with Crippen molar-refractivity contribution in [2.45, 2.75) is 71.3 Å². The summed E-state index contributed by atoms with van der Waals surface area (Å²) >= 11 is 0. The number of amides is 1. The normalized spacial score (nSPS) is 16.0. The number of nitrogens with one attached hydrogen (secondary N) is 1. The van der Waals surface area contributed by atoms with Gasteiger partial charge in [0.15, 0.2) is 5.78 Å². The SMILES string of the molecule is CC(C)C1C(=O)C=C(Cc2ccccc2)C(O)=C1C(=O)NCCCCCCCC(=O)C(N)Cc1cccc2ccccc12. The maximum atomic E-state index is 13.2. The zero-order valence-electron chi connectivity index (χ0n) is 25.4. The van der Waals surface area contributed by atoms with Crippen molar-refractivity contribution in [1.29, 1.82) is 0 Å². The average Bonchev–Trinajstić information content (AvgIpc) is 3.00. The number of hydrogen-bond acceptors (Lipinski definition) is 5. The molecule has 1 aliphatic carbocycles. The Balaban J connectivity index is 1.19. The second-order valence-electron chi connectivity index (χ2n) is 11.9. The van der Waals surface area contributed by atoms with Gasteiger partial charge in [0.25, 0.3) is 5.91 Å². The van der Waals surface area contributed by atoms with Crippen LogP contribution in [0.2, 0.25) is 0 Å². The predicted octanol–water partition coefficient (Wildman–Crippen LogP) is 6.57. The Morgan fingerprint density at radius 2 is 1.56 bits per heavy atom. The molecule has 0 spiro atoms. The van der Waals surface area contributed by atoms with Crippen LogP contribution in [0.1, 0.15) is 63.5 Å². The number of carbonyl (C=O) groups is 3. The van der Waals surface area contributed by atoms with Gasteiger partial charge in [-0.15, -0.1) is 0 Å². The summed E-state index contributed by atoms with van der Waals surface area (Å²) < 4.78 is 0. The summed E-state index contributed by atoms with van der Waals surface area (Å²) in [5.41, 5.74) is 8.98. The molecule has 3 aromatic carbocycles. The predicted molar refractivity (Wildman–Crippen MR) is 173 cm³/mol. The summed E-state index contributed by atoms with van der Waals surface area (Å²) in [5.74, 6) is -1.29. The van der Waals surface area contributed by atoms with Crippen LogP contribution in [0.15, 0.2) is 95.8 Å². The Morgan fingerprint density at radius 3 is 2.33 bits per heavy atom. The summed E-state index contributed by atoms with van der Waals surface area (Å²) in [4.78, 5) is 38.8. The number of fused-ring (bicyclic) bond motifs is 1. The lowest BCUT2D eigenvalue weighted by Crippen LogP contribution is -2.37. The van der Waals surface area contributed by atoms with Crippen molar-refractivity contribution >= 4 is 28.2 Å². The second kappa shape index (κ2) is 15.4. The highest BCUT2D eigenvalue weighted by Crippen LogP contribution is 2.33. The van der Waals surface area contributed by atoms with Gasteiger partial charge in [-0.25, -0.2) is 0 Å². The Bertz CT molecular complexity index is 1480. The number of aliphatic hydroxyl groups excluding tert-OH is 1. The molecule has 1 aliphatic rings. The first-order chi connectivity index (χ1) is 20.8. The second-order valence-corrected chi connectivity index (χ2v) is 11.9. The molecule has 0 fully saturated rings. The van der Waals surface area contributed by atoms with E-state index in [0.717, 1.165) is 54.0 Å². The molecule has 0 aromatic heterocycles. The van der Waals surface area contributed by atoms with E-state index >= 15 is 0 Å². The van der Waals surface area contributed by atoms with E-state index < -0.39 is 12.0 Å². The summed E-state index contributed by atoms with van der Waals surface area (Å²) in [6.07, 6.45) is 7.25. The highest BCUT2D eigenvalue weighted by atomic mass is 16.3. The number of Topliss-reactive ketones (excluding diaryl/α,β-unsaturated/α-hetero) is 1. The van der Waals surface area contributed by atoms with Crippen molar-refractivity contribution in [2.24, 2.45) is 17.6 Å². The third-order valence-electron chi connectivity index (χ3n) is 8.26. The van der Waals surface area contributed by atoms with Crippen molar-refractivity contribution in [3.05, 3.63) is 107 Å². The molecule has 0 saturated carbocycles. The largest absolute Gasteiger partial charge is 0.507 e. The fraction of sp³-hybridized carbons (Fsp3) is 0.378. The summed E-state index contributed by atoms with van der Waals surface area (Å²) in [7, 11) is 0. The maximum absolute atomic E-state index is 13.2. The van der Waals surface area contributed by atoms with Crippen LogP contribution in [-0.4, -0.2) is 35.2 Å². The molecule has 6 nitrogen and oxygen atoms in total. The number of carbonyl (C=O) groups excluding carboxylic acids is 3. The van der Waals surface area contributed by atoms with E-state index in [1.165, 1.54) is 6.08 Å². The van der Waals surface area contributed by atoms with Gasteiger partial charge in [0.2, 0.25) is 0 Å². The van der Waals surface area contributed by atoms with Crippen LogP contribution in [0.5, 0.6) is 0 Å². The number of benzene rings is 3. The van der Waals surface area contributed by atoms with Gasteiger partial charge in [-0.3, -0.25) is 14.4 Å². The van der Waals surface area contributed by atoms with Gasteiger partial charge in [0.1, 0.15) is 11.5 Å². The van der Waals surface area contributed by atoms with Gasteiger partial charge >= 0.3 is 0 Å². The Morgan fingerprint density at radius 1 is 0.884 bits per heavy atom. The van der Waals surface area contributed by atoms with Gasteiger partial charge in [-0.1, -0.05) is 106 Å². The van der Waals surface area contributed by atoms with Crippen LogP contribution in [0.25, 0.3) is 10.8 Å². The molecule has 226 valence electrons. The number of allylic oxidation sites excluding steroid dienone is 2. The molecule has 6 heteroatoms. The van der Waals surface area contributed by atoms with Crippen LogP contribution in [-0.2, 0) is 27.2 Å². The van der Waals surface area contributed by atoms with Gasteiger partial charge in [-0.05, 0) is 53.2 Å². The molecule has 2 unspecified atom stereocenters. The van der Waals surface area contributed by atoms with Crippen molar-refractivity contribution < 1.29 is 19.5 Å².